The molecule has 0 aromatic heterocycles. The third kappa shape index (κ3) is 2.86. The maximum atomic E-state index is 13.5. The minimum absolute atomic E-state index is 0.103. The summed E-state index contributed by atoms with van der Waals surface area (Å²) in [6.45, 7) is 9.27. The lowest BCUT2D eigenvalue weighted by atomic mass is 9.48. The number of fused-ring (bicyclic) bond motifs is 5. The smallest absolute Gasteiger partial charge is 0.143 e. The highest BCUT2D eigenvalue weighted by Gasteiger charge is 2.61. The molecule has 0 unspecified atom stereocenters. The summed E-state index contributed by atoms with van der Waals surface area (Å²) in [6, 6.07) is 0. The number of nitrogens with zero attached hydrogens (tertiary/aromatic N) is 1. The molecule has 0 amide bonds. The molecule has 4 aliphatic carbocycles. The Morgan fingerprint density at radius 2 is 1.89 bits per heavy atom. The molecular formula is C24H37NO3. The number of carbonyl (C=O) groups is 1. The fourth-order valence-electron chi connectivity index (χ4n) is 7.84. The van der Waals surface area contributed by atoms with Gasteiger partial charge in [0.15, 0.2) is 0 Å². The normalized spacial score (nSPS) is 49.2. The Morgan fingerprint density at radius 3 is 2.68 bits per heavy atom. The van der Waals surface area contributed by atoms with E-state index in [4.69, 9.17) is 4.74 Å². The summed E-state index contributed by atoms with van der Waals surface area (Å²) in [5.41, 5.74) is 1.67. The van der Waals surface area contributed by atoms with Gasteiger partial charge in [-0.25, -0.2) is 0 Å². The summed E-state index contributed by atoms with van der Waals surface area (Å²) in [5, 5.41) is 10.2. The first-order valence-electron chi connectivity index (χ1n) is 11.6. The van der Waals surface area contributed by atoms with E-state index in [0.29, 0.717) is 23.5 Å². The van der Waals surface area contributed by atoms with Gasteiger partial charge in [0.05, 0.1) is 19.3 Å². The maximum Gasteiger partial charge on any atom is 0.143 e. The van der Waals surface area contributed by atoms with E-state index in [1.165, 1.54) is 12.0 Å². The van der Waals surface area contributed by atoms with E-state index in [9.17, 15) is 9.90 Å². The van der Waals surface area contributed by atoms with Crippen LogP contribution in [0.2, 0.25) is 0 Å². The fraction of sp³-hybridized carbons (Fsp3) is 0.875. The highest BCUT2D eigenvalue weighted by molar-refractivity contribution is 5.89. The third-order valence-electron chi connectivity index (χ3n) is 9.52. The molecule has 0 aromatic rings. The highest BCUT2D eigenvalue weighted by Crippen LogP contribution is 2.64. The van der Waals surface area contributed by atoms with E-state index in [2.05, 4.69) is 24.8 Å². The molecule has 1 saturated heterocycles. The summed E-state index contributed by atoms with van der Waals surface area (Å²) >= 11 is 0. The summed E-state index contributed by atoms with van der Waals surface area (Å²) in [6.07, 6.45) is 9.74. The molecular weight excluding hydrogens is 350 g/mol. The molecule has 5 aliphatic rings. The van der Waals surface area contributed by atoms with Crippen molar-refractivity contribution in [2.75, 3.05) is 32.8 Å². The van der Waals surface area contributed by atoms with Crippen molar-refractivity contribution in [2.45, 2.75) is 64.9 Å². The molecule has 0 aromatic carbocycles. The standard InChI is InChI=1S/C24H37NO3/c1-23-7-5-18(26)14-17(23)3-4-19-20(23)6-8-24(2)21(19)13-16(22(24)27)15-25-9-11-28-12-10-25/h3,16,18-21,26H,4-15H2,1-2H3/t16-,18-,19+,20-,21-,23-,24-/m0/s1. The van der Waals surface area contributed by atoms with Gasteiger partial charge in [-0.1, -0.05) is 25.5 Å². The lowest BCUT2D eigenvalue weighted by molar-refractivity contribution is -0.134. The average Bonchev–Trinajstić information content (AvgIpc) is 2.94. The Kier molecular flexibility index (Phi) is 4.76. The molecule has 156 valence electrons. The van der Waals surface area contributed by atoms with Crippen molar-refractivity contribution in [3.8, 4) is 0 Å². The second-order valence-corrected chi connectivity index (χ2v) is 10.8. The Hall–Kier alpha value is -0.710. The molecule has 28 heavy (non-hydrogen) atoms. The Bertz CT molecular complexity index is 669. The minimum atomic E-state index is -0.143. The minimum Gasteiger partial charge on any atom is -0.393 e. The topological polar surface area (TPSA) is 49.8 Å². The largest absolute Gasteiger partial charge is 0.393 e. The molecule has 1 aliphatic heterocycles. The number of morpholine rings is 1. The number of allylic oxidation sites excluding steroid dienone is 1. The van der Waals surface area contributed by atoms with Gasteiger partial charge >= 0.3 is 0 Å². The summed E-state index contributed by atoms with van der Waals surface area (Å²) in [5.74, 6) is 2.68. The van der Waals surface area contributed by atoms with E-state index in [-0.39, 0.29) is 22.9 Å². The second-order valence-electron chi connectivity index (χ2n) is 10.8. The van der Waals surface area contributed by atoms with Crippen LogP contribution in [0, 0.1) is 34.5 Å². The number of carbonyl (C=O) groups excluding carboxylic acids is 1. The van der Waals surface area contributed by atoms with Crippen LogP contribution in [0.4, 0.5) is 0 Å². The van der Waals surface area contributed by atoms with E-state index in [0.717, 1.165) is 71.4 Å². The number of Topliss-reactive ketones (excluding diaryl/α,β-unsaturated/α-hetero) is 1. The lowest BCUT2D eigenvalue weighted by Gasteiger charge is -2.56. The van der Waals surface area contributed by atoms with Gasteiger partial charge < -0.3 is 9.84 Å². The number of hydrogen-bond donors (Lipinski definition) is 1. The Morgan fingerprint density at radius 1 is 1.14 bits per heavy atom. The molecule has 0 spiro atoms. The number of ether oxygens (including phenoxy) is 1. The van der Waals surface area contributed by atoms with Crippen LogP contribution >= 0.6 is 0 Å². The zero-order valence-electron chi connectivity index (χ0n) is 17.7. The van der Waals surface area contributed by atoms with E-state index >= 15 is 0 Å². The number of hydrogen-bond acceptors (Lipinski definition) is 4. The van der Waals surface area contributed by atoms with Gasteiger partial charge in [0.25, 0.3) is 0 Å². The van der Waals surface area contributed by atoms with Crippen LogP contribution in [0.3, 0.4) is 0 Å². The average molecular weight is 388 g/mol. The Balaban J connectivity index is 1.38. The first-order valence-corrected chi connectivity index (χ1v) is 11.6. The highest BCUT2D eigenvalue weighted by atomic mass is 16.5. The lowest BCUT2D eigenvalue weighted by Crippen LogP contribution is -2.50. The van der Waals surface area contributed by atoms with Gasteiger partial charge in [0.1, 0.15) is 5.78 Å². The quantitative estimate of drug-likeness (QED) is 0.738. The molecule has 7 atom stereocenters. The van der Waals surface area contributed by atoms with Crippen molar-refractivity contribution in [1.29, 1.82) is 0 Å². The summed E-state index contributed by atoms with van der Waals surface area (Å²) < 4.78 is 5.49. The van der Waals surface area contributed by atoms with Gasteiger partial charge in [-0.15, -0.1) is 0 Å². The second kappa shape index (κ2) is 6.92. The first kappa shape index (κ1) is 19.3. The predicted octanol–water partition coefficient (Wildman–Crippen LogP) is 3.44. The van der Waals surface area contributed by atoms with Crippen LogP contribution in [-0.2, 0) is 9.53 Å². The molecule has 0 radical (unpaired) electrons. The molecule has 4 heteroatoms. The van der Waals surface area contributed by atoms with Crippen molar-refractivity contribution in [1.82, 2.24) is 4.90 Å². The van der Waals surface area contributed by atoms with E-state index < -0.39 is 0 Å². The molecule has 4 fully saturated rings. The SMILES string of the molecule is C[C@]12CC[C@H](O)CC1=CC[C@@H]1[C@@H]2CC[C@]2(C)C(=O)[C@H](CN3CCOCC3)C[C@@H]12. The first-order chi connectivity index (χ1) is 13.4. The molecule has 5 rings (SSSR count). The van der Waals surface area contributed by atoms with E-state index in [1.54, 1.807) is 0 Å². The van der Waals surface area contributed by atoms with Gasteiger partial charge in [-0.3, -0.25) is 9.69 Å². The van der Waals surface area contributed by atoms with Crippen molar-refractivity contribution < 1.29 is 14.6 Å². The predicted molar refractivity (Wildman–Crippen MR) is 109 cm³/mol. The fourth-order valence-corrected chi connectivity index (χ4v) is 7.84. The number of ketones is 1. The number of aliphatic hydroxyl groups excluding tert-OH is 1. The summed E-state index contributed by atoms with van der Waals surface area (Å²) in [7, 11) is 0. The molecule has 3 saturated carbocycles. The van der Waals surface area contributed by atoms with Gasteiger partial charge in [-0.2, -0.15) is 0 Å². The van der Waals surface area contributed by atoms with Crippen LogP contribution in [-0.4, -0.2) is 54.7 Å². The molecule has 0 bridgehead atoms. The van der Waals surface area contributed by atoms with Gasteiger partial charge in [0.2, 0.25) is 0 Å². The van der Waals surface area contributed by atoms with Crippen molar-refractivity contribution >= 4 is 5.78 Å². The zero-order valence-corrected chi connectivity index (χ0v) is 17.7. The number of rotatable bonds is 2. The van der Waals surface area contributed by atoms with Crippen LogP contribution in [0.5, 0.6) is 0 Å². The third-order valence-corrected chi connectivity index (χ3v) is 9.52. The van der Waals surface area contributed by atoms with Crippen molar-refractivity contribution in [3.05, 3.63) is 11.6 Å². The molecule has 1 N–H and O–H groups in total. The van der Waals surface area contributed by atoms with Crippen LogP contribution < -0.4 is 0 Å². The monoisotopic (exact) mass is 387 g/mol. The molecule has 4 nitrogen and oxygen atoms in total. The Labute approximate surface area is 169 Å². The van der Waals surface area contributed by atoms with Gasteiger partial charge in [0, 0.05) is 31.0 Å². The summed E-state index contributed by atoms with van der Waals surface area (Å²) in [4.78, 5) is 16.0. The van der Waals surface area contributed by atoms with Crippen molar-refractivity contribution in [3.63, 3.8) is 0 Å². The van der Waals surface area contributed by atoms with Crippen LogP contribution in [0.25, 0.3) is 0 Å². The van der Waals surface area contributed by atoms with E-state index in [1.807, 2.05) is 0 Å². The number of aliphatic hydroxyl groups is 1. The zero-order chi connectivity index (χ0) is 19.5. The van der Waals surface area contributed by atoms with Crippen LogP contribution in [0.15, 0.2) is 11.6 Å². The molecule has 1 heterocycles. The maximum absolute atomic E-state index is 13.5. The van der Waals surface area contributed by atoms with Gasteiger partial charge in [-0.05, 0) is 68.1 Å². The van der Waals surface area contributed by atoms with Crippen LogP contribution in [0.1, 0.15) is 58.8 Å². The van der Waals surface area contributed by atoms with Crippen molar-refractivity contribution in [2.24, 2.45) is 34.5 Å².